The van der Waals surface area contributed by atoms with E-state index in [4.69, 9.17) is 4.42 Å². The van der Waals surface area contributed by atoms with Crippen molar-refractivity contribution in [3.63, 3.8) is 0 Å². The summed E-state index contributed by atoms with van der Waals surface area (Å²) < 4.78 is 45.4. The van der Waals surface area contributed by atoms with Gasteiger partial charge in [0.2, 0.25) is 11.7 Å². The second-order valence-corrected chi connectivity index (χ2v) is 6.57. The number of halogens is 3. The summed E-state index contributed by atoms with van der Waals surface area (Å²) in [7, 11) is 0. The number of ether oxygens (including phenoxy) is 1. The minimum Gasteiger partial charge on any atom is -0.461 e. The monoisotopic (exact) mass is 411 g/mol. The standard InChI is InChI=1S/C19H20F3N3O4/c20-19(21,22)29-15-5-3-14(4-6-15)23-18(27)13-25-9-7-24(8-10-25)12-16(26)17-2-1-11-28-17/h1-6,11H,7-10,12-13H2,(H,23,27). The number of carbonyl (C=O) groups is 2. The van der Waals surface area contributed by atoms with Gasteiger partial charge in [-0.2, -0.15) is 0 Å². The van der Waals surface area contributed by atoms with Crippen LogP contribution in [0.1, 0.15) is 10.6 Å². The number of carbonyl (C=O) groups excluding carboxylic acids is 2. The van der Waals surface area contributed by atoms with E-state index in [9.17, 15) is 22.8 Å². The van der Waals surface area contributed by atoms with Gasteiger partial charge in [-0.15, -0.1) is 13.2 Å². The van der Waals surface area contributed by atoms with Crippen molar-refractivity contribution in [1.29, 1.82) is 0 Å². The number of rotatable bonds is 7. The molecule has 1 aromatic heterocycles. The third-order valence-corrected chi connectivity index (χ3v) is 4.37. The Morgan fingerprint density at radius 1 is 1.00 bits per heavy atom. The molecule has 7 nitrogen and oxygen atoms in total. The Kier molecular flexibility index (Phi) is 6.55. The molecule has 1 aromatic carbocycles. The smallest absolute Gasteiger partial charge is 0.461 e. The summed E-state index contributed by atoms with van der Waals surface area (Å²) in [4.78, 5) is 28.2. The lowest BCUT2D eigenvalue weighted by Gasteiger charge is -2.33. The fraction of sp³-hybridized carbons (Fsp3) is 0.368. The van der Waals surface area contributed by atoms with Gasteiger partial charge in [0.1, 0.15) is 5.75 Å². The van der Waals surface area contributed by atoms with E-state index in [1.807, 2.05) is 9.80 Å². The third-order valence-electron chi connectivity index (χ3n) is 4.37. The van der Waals surface area contributed by atoms with Crippen LogP contribution < -0.4 is 10.1 Å². The van der Waals surface area contributed by atoms with E-state index in [2.05, 4.69) is 10.1 Å². The van der Waals surface area contributed by atoms with Gasteiger partial charge in [0.05, 0.1) is 19.4 Å². The molecular formula is C19H20F3N3O4. The summed E-state index contributed by atoms with van der Waals surface area (Å²) in [6, 6.07) is 8.26. The van der Waals surface area contributed by atoms with Gasteiger partial charge in [-0.1, -0.05) is 0 Å². The van der Waals surface area contributed by atoms with Crippen LogP contribution in [0.4, 0.5) is 18.9 Å². The molecule has 1 aliphatic heterocycles. The molecule has 0 aliphatic carbocycles. The molecule has 0 bridgehead atoms. The number of piperazine rings is 1. The van der Waals surface area contributed by atoms with Gasteiger partial charge in [-0.3, -0.25) is 19.4 Å². The van der Waals surface area contributed by atoms with Gasteiger partial charge in [0.15, 0.2) is 5.76 Å². The van der Waals surface area contributed by atoms with Crippen molar-refractivity contribution < 1.29 is 31.9 Å². The third kappa shape index (κ3) is 6.61. The van der Waals surface area contributed by atoms with Crippen molar-refractivity contribution in [2.75, 3.05) is 44.6 Å². The molecule has 1 fully saturated rings. The zero-order chi connectivity index (χ0) is 20.9. The van der Waals surface area contributed by atoms with Gasteiger partial charge in [-0.25, -0.2) is 0 Å². The number of Topliss-reactive ketones (excluding diaryl/α,β-unsaturated/α-hetero) is 1. The van der Waals surface area contributed by atoms with E-state index < -0.39 is 6.36 Å². The number of benzene rings is 1. The molecule has 3 rings (SSSR count). The normalized spacial score (nSPS) is 15.8. The molecule has 1 N–H and O–H groups in total. The van der Waals surface area contributed by atoms with Crippen LogP contribution in [0.3, 0.4) is 0 Å². The summed E-state index contributed by atoms with van der Waals surface area (Å²) in [5.74, 6) is -0.372. The quantitative estimate of drug-likeness (QED) is 0.706. The predicted molar refractivity (Wildman–Crippen MR) is 97.7 cm³/mol. The maximum Gasteiger partial charge on any atom is 0.573 e. The van der Waals surface area contributed by atoms with Crippen LogP contribution in [-0.4, -0.2) is 67.1 Å². The number of nitrogens with one attached hydrogen (secondary N) is 1. The van der Waals surface area contributed by atoms with E-state index in [1.54, 1.807) is 12.1 Å². The maximum absolute atomic E-state index is 12.2. The second kappa shape index (κ2) is 9.10. The topological polar surface area (TPSA) is 75.0 Å². The summed E-state index contributed by atoms with van der Waals surface area (Å²) in [5, 5.41) is 2.64. The summed E-state index contributed by atoms with van der Waals surface area (Å²) in [6.45, 7) is 2.95. The van der Waals surface area contributed by atoms with E-state index in [0.29, 0.717) is 37.6 Å². The zero-order valence-corrected chi connectivity index (χ0v) is 15.4. The lowest BCUT2D eigenvalue weighted by Crippen LogP contribution is -2.49. The highest BCUT2D eigenvalue weighted by molar-refractivity contribution is 5.95. The largest absolute Gasteiger partial charge is 0.573 e. The summed E-state index contributed by atoms with van der Waals surface area (Å²) in [5.41, 5.74) is 0.382. The molecule has 0 atom stereocenters. The van der Waals surface area contributed by atoms with Gasteiger partial charge >= 0.3 is 6.36 Å². The number of hydrogen-bond acceptors (Lipinski definition) is 6. The number of amides is 1. The van der Waals surface area contributed by atoms with Gasteiger partial charge in [-0.05, 0) is 36.4 Å². The van der Waals surface area contributed by atoms with Crippen LogP contribution in [0.15, 0.2) is 47.1 Å². The predicted octanol–water partition coefficient (Wildman–Crippen LogP) is 2.62. The first kappa shape index (κ1) is 20.9. The van der Waals surface area contributed by atoms with Gasteiger partial charge in [0, 0.05) is 31.9 Å². The molecule has 0 saturated carbocycles. The number of hydrogen-bond donors (Lipinski definition) is 1. The first-order chi connectivity index (χ1) is 13.8. The minimum atomic E-state index is -4.75. The maximum atomic E-state index is 12.2. The van der Waals surface area contributed by atoms with Crippen LogP contribution >= 0.6 is 0 Å². The Balaban J connectivity index is 1.40. The molecule has 0 unspecified atom stereocenters. The van der Waals surface area contributed by atoms with Crippen LogP contribution in [0.5, 0.6) is 5.75 Å². The van der Waals surface area contributed by atoms with Crippen molar-refractivity contribution in [2.45, 2.75) is 6.36 Å². The van der Waals surface area contributed by atoms with Gasteiger partial charge in [0.25, 0.3) is 0 Å². The molecule has 2 heterocycles. The highest BCUT2D eigenvalue weighted by Gasteiger charge is 2.31. The van der Waals surface area contributed by atoms with Crippen molar-refractivity contribution in [1.82, 2.24) is 9.80 Å². The first-order valence-electron chi connectivity index (χ1n) is 8.95. The first-order valence-corrected chi connectivity index (χ1v) is 8.95. The zero-order valence-electron chi connectivity index (χ0n) is 15.4. The van der Waals surface area contributed by atoms with Gasteiger partial charge < -0.3 is 14.5 Å². The Morgan fingerprint density at radius 2 is 1.62 bits per heavy atom. The molecule has 0 spiro atoms. The molecule has 1 aliphatic rings. The molecule has 0 radical (unpaired) electrons. The number of alkyl halides is 3. The highest BCUT2D eigenvalue weighted by Crippen LogP contribution is 2.23. The molecular weight excluding hydrogens is 391 g/mol. The fourth-order valence-electron chi connectivity index (χ4n) is 2.97. The molecule has 10 heteroatoms. The van der Waals surface area contributed by atoms with Crippen LogP contribution in [-0.2, 0) is 4.79 Å². The molecule has 1 amide bonds. The Morgan fingerprint density at radius 3 is 2.17 bits per heavy atom. The number of anilines is 1. The summed E-state index contributed by atoms with van der Waals surface area (Å²) >= 11 is 0. The molecule has 156 valence electrons. The number of furan rings is 1. The van der Waals surface area contributed by atoms with E-state index in [1.165, 1.54) is 18.4 Å². The Labute approximate surface area is 165 Å². The molecule has 29 heavy (non-hydrogen) atoms. The fourth-order valence-corrected chi connectivity index (χ4v) is 2.97. The number of ketones is 1. The average molecular weight is 411 g/mol. The minimum absolute atomic E-state index is 0.0841. The van der Waals surface area contributed by atoms with Crippen molar-refractivity contribution in [3.05, 3.63) is 48.4 Å². The number of nitrogens with zero attached hydrogens (tertiary/aromatic N) is 2. The van der Waals surface area contributed by atoms with Crippen LogP contribution in [0, 0.1) is 0 Å². The Hall–Kier alpha value is -2.85. The highest BCUT2D eigenvalue weighted by atomic mass is 19.4. The van der Waals surface area contributed by atoms with Crippen molar-refractivity contribution in [2.24, 2.45) is 0 Å². The lowest BCUT2D eigenvalue weighted by atomic mass is 10.2. The molecule has 2 aromatic rings. The van der Waals surface area contributed by atoms with Crippen LogP contribution in [0.25, 0.3) is 0 Å². The van der Waals surface area contributed by atoms with E-state index in [-0.39, 0.29) is 30.5 Å². The summed E-state index contributed by atoms with van der Waals surface area (Å²) in [6.07, 6.45) is -3.30. The second-order valence-electron chi connectivity index (χ2n) is 6.57. The lowest BCUT2D eigenvalue weighted by molar-refractivity contribution is -0.274. The Bertz CT molecular complexity index is 814. The van der Waals surface area contributed by atoms with Crippen molar-refractivity contribution >= 4 is 17.4 Å². The molecule has 1 saturated heterocycles. The van der Waals surface area contributed by atoms with E-state index >= 15 is 0 Å². The van der Waals surface area contributed by atoms with Crippen molar-refractivity contribution in [3.8, 4) is 5.75 Å². The van der Waals surface area contributed by atoms with E-state index in [0.717, 1.165) is 12.1 Å². The SMILES string of the molecule is O=C(CN1CCN(CC(=O)c2ccco2)CC1)Nc1ccc(OC(F)(F)F)cc1. The average Bonchev–Trinajstić information content (AvgIpc) is 3.19. The van der Waals surface area contributed by atoms with Crippen LogP contribution in [0.2, 0.25) is 0 Å².